The second-order valence-electron chi connectivity index (χ2n) is 5.16. The summed E-state index contributed by atoms with van der Waals surface area (Å²) in [6.45, 7) is 0. The highest BCUT2D eigenvalue weighted by Gasteiger charge is 2.21. The molecule has 0 saturated heterocycles. The van der Waals surface area contributed by atoms with Crippen molar-refractivity contribution in [2.75, 3.05) is 0 Å². The summed E-state index contributed by atoms with van der Waals surface area (Å²) in [5, 5.41) is 12.5. The molecule has 3 rings (SSSR count). The number of aromatic nitrogens is 5. The standard InChI is InChI=1S/C16H15N5O2/c22-14(15(23)16-18-20-21-19-16)8-13-10-17-9-12(13)7-6-11-4-2-1-3-5-11/h1-5,9-10,17H,6-8H2,(H,18,19,20,21). The van der Waals surface area contributed by atoms with E-state index in [2.05, 4.69) is 37.7 Å². The van der Waals surface area contributed by atoms with Gasteiger partial charge in [0, 0.05) is 18.8 Å². The summed E-state index contributed by atoms with van der Waals surface area (Å²) in [4.78, 5) is 26.9. The number of aryl methyl sites for hydroxylation is 2. The Morgan fingerprint density at radius 3 is 2.52 bits per heavy atom. The summed E-state index contributed by atoms with van der Waals surface area (Å²) < 4.78 is 0. The Morgan fingerprint density at radius 2 is 1.78 bits per heavy atom. The third-order valence-corrected chi connectivity index (χ3v) is 3.61. The lowest BCUT2D eigenvalue weighted by Crippen LogP contribution is -2.18. The normalized spacial score (nSPS) is 10.6. The van der Waals surface area contributed by atoms with E-state index in [-0.39, 0.29) is 12.2 Å². The number of benzene rings is 1. The minimum atomic E-state index is -0.728. The van der Waals surface area contributed by atoms with Gasteiger partial charge in [0.15, 0.2) is 0 Å². The third-order valence-electron chi connectivity index (χ3n) is 3.61. The van der Waals surface area contributed by atoms with Gasteiger partial charge in [-0.25, -0.2) is 0 Å². The fourth-order valence-corrected chi connectivity index (χ4v) is 2.39. The summed E-state index contributed by atoms with van der Waals surface area (Å²) in [6.07, 6.45) is 5.32. The van der Waals surface area contributed by atoms with Crippen molar-refractivity contribution >= 4 is 11.6 Å². The van der Waals surface area contributed by atoms with Crippen LogP contribution >= 0.6 is 0 Å². The van der Waals surface area contributed by atoms with Gasteiger partial charge in [0.2, 0.25) is 11.6 Å². The highest BCUT2D eigenvalue weighted by atomic mass is 16.2. The van der Waals surface area contributed by atoms with E-state index in [1.807, 2.05) is 24.4 Å². The predicted molar refractivity (Wildman–Crippen MR) is 81.9 cm³/mol. The van der Waals surface area contributed by atoms with Gasteiger partial charge in [0.25, 0.3) is 5.78 Å². The Kier molecular flexibility index (Phi) is 4.37. The lowest BCUT2D eigenvalue weighted by molar-refractivity contribution is -0.114. The van der Waals surface area contributed by atoms with Crippen LogP contribution in [-0.2, 0) is 24.1 Å². The molecule has 0 aliphatic rings. The van der Waals surface area contributed by atoms with Gasteiger partial charge in [-0.15, -0.1) is 10.2 Å². The maximum Gasteiger partial charge on any atom is 0.269 e. The van der Waals surface area contributed by atoms with E-state index in [4.69, 9.17) is 0 Å². The molecule has 23 heavy (non-hydrogen) atoms. The van der Waals surface area contributed by atoms with Crippen molar-refractivity contribution in [3.8, 4) is 0 Å². The fourth-order valence-electron chi connectivity index (χ4n) is 2.39. The molecule has 0 aliphatic heterocycles. The number of aromatic amines is 2. The quantitative estimate of drug-likeness (QED) is 0.506. The first-order chi connectivity index (χ1) is 11.2. The van der Waals surface area contributed by atoms with Gasteiger partial charge in [-0.05, 0) is 34.7 Å². The van der Waals surface area contributed by atoms with E-state index in [0.29, 0.717) is 0 Å². The Hall–Kier alpha value is -3.09. The second kappa shape index (κ2) is 6.78. The molecule has 2 N–H and O–H groups in total. The second-order valence-corrected chi connectivity index (χ2v) is 5.16. The van der Waals surface area contributed by atoms with Gasteiger partial charge in [-0.3, -0.25) is 9.59 Å². The Bertz CT molecular complexity index is 793. The van der Waals surface area contributed by atoms with Gasteiger partial charge in [-0.2, -0.15) is 5.21 Å². The Balaban J connectivity index is 1.64. The van der Waals surface area contributed by atoms with E-state index in [9.17, 15) is 9.59 Å². The molecule has 0 spiro atoms. The fraction of sp³-hybridized carbons (Fsp3) is 0.188. The molecule has 0 bridgehead atoms. The molecule has 2 aromatic heterocycles. The van der Waals surface area contributed by atoms with E-state index < -0.39 is 11.6 Å². The van der Waals surface area contributed by atoms with Crippen LogP contribution in [0.25, 0.3) is 0 Å². The molecule has 0 saturated carbocycles. The van der Waals surface area contributed by atoms with Crippen LogP contribution in [0.5, 0.6) is 0 Å². The Morgan fingerprint density at radius 1 is 1.00 bits per heavy atom. The first-order valence-electron chi connectivity index (χ1n) is 7.23. The first kappa shape index (κ1) is 14.8. The van der Waals surface area contributed by atoms with E-state index in [0.717, 1.165) is 24.0 Å². The molecule has 0 aliphatic carbocycles. The number of hydrogen-bond donors (Lipinski definition) is 2. The number of H-pyrrole nitrogens is 2. The van der Waals surface area contributed by atoms with Gasteiger partial charge in [0.1, 0.15) is 0 Å². The highest BCUT2D eigenvalue weighted by molar-refractivity contribution is 6.43. The largest absolute Gasteiger partial charge is 0.367 e. The van der Waals surface area contributed by atoms with Crippen molar-refractivity contribution < 1.29 is 9.59 Å². The van der Waals surface area contributed by atoms with Crippen LogP contribution in [0.15, 0.2) is 42.7 Å². The van der Waals surface area contributed by atoms with Gasteiger partial charge in [-0.1, -0.05) is 30.3 Å². The summed E-state index contributed by atoms with van der Waals surface area (Å²) in [7, 11) is 0. The Labute approximate surface area is 132 Å². The van der Waals surface area contributed by atoms with Crippen LogP contribution in [0.4, 0.5) is 0 Å². The van der Waals surface area contributed by atoms with Crippen LogP contribution in [-0.4, -0.2) is 37.2 Å². The third kappa shape index (κ3) is 3.57. The first-order valence-corrected chi connectivity index (χ1v) is 7.23. The van der Waals surface area contributed by atoms with Crippen molar-refractivity contribution in [1.29, 1.82) is 0 Å². The van der Waals surface area contributed by atoms with Crippen LogP contribution in [0.3, 0.4) is 0 Å². The minimum absolute atomic E-state index is 0.0288. The molecule has 0 atom stereocenters. The molecule has 3 aromatic rings. The average molecular weight is 309 g/mol. The molecule has 1 aromatic carbocycles. The summed E-state index contributed by atoms with van der Waals surface area (Å²) in [6, 6.07) is 10.1. The zero-order chi connectivity index (χ0) is 16.1. The lowest BCUT2D eigenvalue weighted by Gasteiger charge is -2.03. The summed E-state index contributed by atoms with van der Waals surface area (Å²) in [5.41, 5.74) is 3.08. The number of rotatable bonds is 7. The number of Topliss-reactive ketones (excluding diaryl/α,β-unsaturated/α-hetero) is 2. The topological polar surface area (TPSA) is 104 Å². The molecule has 0 unspecified atom stereocenters. The molecule has 0 amide bonds. The maximum atomic E-state index is 12.1. The summed E-state index contributed by atoms with van der Waals surface area (Å²) >= 11 is 0. The minimum Gasteiger partial charge on any atom is -0.367 e. The average Bonchev–Trinajstić information content (AvgIpc) is 3.25. The molecule has 2 heterocycles. The number of tetrazole rings is 1. The molecule has 116 valence electrons. The molecular weight excluding hydrogens is 294 g/mol. The number of carbonyl (C=O) groups is 2. The summed E-state index contributed by atoms with van der Waals surface area (Å²) in [5.74, 6) is -1.47. The SMILES string of the molecule is O=C(Cc1c[nH]cc1CCc1ccccc1)C(=O)c1nn[nH]n1. The smallest absolute Gasteiger partial charge is 0.269 e. The number of nitrogens with one attached hydrogen (secondary N) is 2. The maximum absolute atomic E-state index is 12.1. The van der Waals surface area contributed by atoms with Crippen LogP contribution in [0.2, 0.25) is 0 Å². The molecule has 7 heteroatoms. The highest BCUT2D eigenvalue weighted by Crippen LogP contribution is 2.14. The van der Waals surface area contributed by atoms with Gasteiger partial charge >= 0.3 is 0 Å². The zero-order valence-corrected chi connectivity index (χ0v) is 12.3. The van der Waals surface area contributed by atoms with Gasteiger partial charge in [0.05, 0.1) is 0 Å². The van der Waals surface area contributed by atoms with Crippen LogP contribution < -0.4 is 0 Å². The van der Waals surface area contributed by atoms with Crippen molar-refractivity contribution in [2.45, 2.75) is 19.3 Å². The van der Waals surface area contributed by atoms with Crippen molar-refractivity contribution in [3.63, 3.8) is 0 Å². The van der Waals surface area contributed by atoms with E-state index in [1.165, 1.54) is 5.56 Å². The monoisotopic (exact) mass is 309 g/mol. The lowest BCUT2D eigenvalue weighted by atomic mass is 10.00. The molecule has 0 radical (unpaired) electrons. The number of hydrogen-bond acceptors (Lipinski definition) is 5. The number of nitrogens with zero attached hydrogens (tertiary/aromatic N) is 3. The molecular formula is C16H15N5O2. The van der Waals surface area contributed by atoms with E-state index >= 15 is 0 Å². The molecule has 0 fully saturated rings. The molecule has 7 nitrogen and oxygen atoms in total. The number of ketones is 2. The van der Waals surface area contributed by atoms with Crippen molar-refractivity contribution in [2.24, 2.45) is 0 Å². The van der Waals surface area contributed by atoms with Crippen LogP contribution in [0.1, 0.15) is 27.3 Å². The van der Waals surface area contributed by atoms with E-state index in [1.54, 1.807) is 6.20 Å². The predicted octanol–water partition coefficient (Wildman–Crippen LogP) is 1.31. The van der Waals surface area contributed by atoms with Crippen molar-refractivity contribution in [3.05, 3.63) is 65.2 Å². The van der Waals surface area contributed by atoms with Crippen LogP contribution in [0, 0.1) is 0 Å². The van der Waals surface area contributed by atoms with Crippen molar-refractivity contribution in [1.82, 2.24) is 25.6 Å². The zero-order valence-electron chi connectivity index (χ0n) is 12.3. The van der Waals surface area contributed by atoms with Gasteiger partial charge < -0.3 is 4.98 Å². The number of carbonyl (C=O) groups excluding carboxylic acids is 2.